The molecule has 4 rings (SSSR count). The lowest BCUT2D eigenvalue weighted by molar-refractivity contribution is -0.143. The minimum atomic E-state index is -0.962. The summed E-state index contributed by atoms with van der Waals surface area (Å²) < 4.78 is 16.2. The summed E-state index contributed by atoms with van der Waals surface area (Å²) in [5.74, 6) is -0.918. The number of pyridine rings is 2. The number of likely N-dealkylation sites (N-methyl/N-ethyl adjacent to an activating group) is 2. The van der Waals surface area contributed by atoms with Gasteiger partial charge >= 0.3 is 0 Å². The van der Waals surface area contributed by atoms with Gasteiger partial charge in [0.2, 0.25) is 11.7 Å². The van der Waals surface area contributed by atoms with Gasteiger partial charge in [0.1, 0.15) is 6.04 Å². The predicted octanol–water partition coefficient (Wildman–Crippen LogP) is 5.97. The van der Waals surface area contributed by atoms with Crippen molar-refractivity contribution < 1.29 is 28.6 Å². The molecule has 3 atom stereocenters. The highest BCUT2D eigenvalue weighted by molar-refractivity contribution is 6.43. The fourth-order valence-electron chi connectivity index (χ4n) is 6.12. The molecule has 2 aromatic carbocycles. The monoisotopic (exact) mass is 666 g/mol. The molecule has 0 N–H and O–H groups in total. The Morgan fingerprint density at radius 2 is 1.24 bits per heavy atom. The third-order valence-corrected chi connectivity index (χ3v) is 9.12. The zero-order valence-electron chi connectivity index (χ0n) is 29.3. The van der Waals surface area contributed by atoms with Crippen LogP contribution in [0.4, 0.5) is 0 Å². The van der Waals surface area contributed by atoms with Gasteiger partial charge in [0.05, 0.1) is 21.3 Å². The maximum absolute atomic E-state index is 14.7. The van der Waals surface area contributed by atoms with Crippen LogP contribution in [-0.4, -0.2) is 84.9 Å². The van der Waals surface area contributed by atoms with Gasteiger partial charge in [-0.25, -0.2) is 0 Å². The minimum absolute atomic E-state index is 0.0547. The van der Waals surface area contributed by atoms with Gasteiger partial charge in [-0.2, -0.15) is 0 Å². The number of hydrogen-bond acceptors (Lipinski definition) is 8. The number of ether oxygens (including phenoxy) is 3. The first kappa shape index (κ1) is 36.6. The second kappa shape index (κ2) is 17.2. The maximum Gasteiger partial charge on any atom is 0.295 e. The molecular formula is C39H46N4O6. The zero-order valence-corrected chi connectivity index (χ0v) is 29.3. The molecule has 258 valence electrons. The van der Waals surface area contributed by atoms with E-state index >= 15 is 0 Å². The molecule has 0 spiro atoms. The summed E-state index contributed by atoms with van der Waals surface area (Å²) in [5, 5.41) is 0. The number of methoxy groups -OCH3 is 3. The van der Waals surface area contributed by atoms with Crippen molar-refractivity contribution in [2.45, 2.75) is 57.0 Å². The highest BCUT2D eigenvalue weighted by Gasteiger charge is 2.36. The Kier molecular flexibility index (Phi) is 12.9. The molecule has 0 saturated carbocycles. The van der Waals surface area contributed by atoms with E-state index < -0.39 is 17.7 Å². The molecule has 2 amide bonds. The average molecular weight is 667 g/mol. The lowest BCUT2D eigenvalue weighted by Crippen LogP contribution is -2.53. The van der Waals surface area contributed by atoms with Gasteiger partial charge < -0.3 is 24.0 Å². The van der Waals surface area contributed by atoms with Gasteiger partial charge in [0.15, 0.2) is 11.5 Å². The lowest BCUT2D eigenvalue weighted by atomic mass is 9.87. The van der Waals surface area contributed by atoms with Crippen LogP contribution in [0.1, 0.15) is 65.6 Å². The number of carbonyl (C=O) groups is 3. The van der Waals surface area contributed by atoms with E-state index in [9.17, 15) is 14.4 Å². The zero-order chi connectivity index (χ0) is 35.5. The number of Topliss-reactive ketones (excluding diaryl/α,β-unsaturated/α-hetero) is 1. The van der Waals surface area contributed by atoms with Crippen LogP contribution in [0.5, 0.6) is 17.2 Å². The quantitative estimate of drug-likeness (QED) is 0.106. The molecule has 2 heterocycles. The summed E-state index contributed by atoms with van der Waals surface area (Å²) in [6, 6.07) is 19.1. The molecule has 4 aromatic rings. The number of ketones is 1. The Morgan fingerprint density at radius 1 is 0.714 bits per heavy atom. The predicted molar refractivity (Wildman–Crippen MR) is 188 cm³/mol. The molecule has 10 heteroatoms. The molecular weight excluding hydrogens is 620 g/mol. The summed E-state index contributed by atoms with van der Waals surface area (Å²) in [6.45, 7) is 4.26. The van der Waals surface area contributed by atoms with Crippen molar-refractivity contribution in [3.8, 4) is 17.2 Å². The minimum Gasteiger partial charge on any atom is -0.493 e. The molecule has 10 nitrogen and oxygen atoms in total. The van der Waals surface area contributed by atoms with Crippen LogP contribution in [0.3, 0.4) is 0 Å². The highest BCUT2D eigenvalue weighted by atomic mass is 16.5. The first-order valence-electron chi connectivity index (χ1n) is 16.3. The van der Waals surface area contributed by atoms with Gasteiger partial charge in [-0.1, -0.05) is 56.3 Å². The number of hydrogen-bond donors (Lipinski definition) is 0. The van der Waals surface area contributed by atoms with E-state index in [1.54, 1.807) is 24.3 Å². The van der Waals surface area contributed by atoms with Gasteiger partial charge in [-0.15, -0.1) is 0 Å². The van der Waals surface area contributed by atoms with Crippen LogP contribution >= 0.6 is 0 Å². The summed E-state index contributed by atoms with van der Waals surface area (Å²) in [5.41, 5.74) is 3.06. The Morgan fingerprint density at radius 3 is 1.69 bits per heavy atom. The van der Waals surface area contributed by atoms with E-state index in [4.69, 9.17) is 14.2 Å². The summed E-state index contributed by atoms with van der Waals surface area (Å²) >= 11 is 0. The molecule has 0 bridgehead atoms. The molecule has 49 heavy (non-hydrogen) atoms. The van der Waals surface area contributed by atoms with Crippen LogP contribution < -0.4 is 14.2 Å². The fraction of sp³-hybridized carbons (Fsp3) is 0.359. The molecule has 0 aliphatic heterocycles. The van der Waals surface area contributed by atoms with Crippen molar-refractivity contribution in [3.63, 3.8) is 0 Å². The third-order valence-electron chi connectivity index (χ3n) is 9.12. The second-order valence-corrected chi connectivity index (χ2v) is 12.3. The van der Waals surface area contributed by atoms with Crippen molar-refractivity contribution in [2.24, 2.45) is 0 Å². The first-order valence-corrected chi connectivity index (χ1v) is 16.3. The number of amides is 2. The Balaban J connectivity index is 1.68. The van der Waals surface area contributed by atoms with E-state index in [0.717, 1.165) is 16.7 Å². The maximum atomic E-state index is 14.7. The Bertz CT molecular complexity index is 1610. The summed E-state index contributed by atoms with van der Waals surface area (Å²) in [4.78, 5) is 53.9. The topological polar surface area (TPSA) is 111 Å². The summed E-state index contributed by atoms with van der Waals surface area (Å²) in [6.07, 6.45) is 8.75. The SMILES string of the molecule is COc1cc(C(=O)C(=O)N(C)C(Cc2ccccc2)C(=O)N(C)C(CC(C)c2cccnc2)CC(C)c2cccnc2)cc(OC)c1OC. The van der Waals surface area contributed by atoms with Crippen LogP contribution in [0.15, 0.2) is 91.5 Å². The molecule has 0 aliphatic rings. The van der Waals surface area contributed by atoms with Crippen LogP contribution in [-0.2, 0) is 16.0 Å². The van der Waals surface area contributed by atoms with Crippen LogP contribution in [0.25, 0.3) is 0 Å². The lowest BCUT2D eigenvalue weighted by Gasteiger charge is -2.37. The normalized spacial score (nSPS) is 13.4. The number of nitrogens with zero attached hydrogens (tertiary/aromatic N) is 4. The van der Waals surface area contributed by atoms with Crippen molar-refractivity contribution >= 4 is 17.6 Å². The van der Waals surface area contributed by atoms with Crippen molar-refractivity contribution in [2.75, 3.05) is 35.4 Å². The number of benzene rings is 2. The number of carbonyl (C=O) groups excluding carboxylic acids is 3. The molecule has 2 aromatic heterocycles. The van der Waals surface area contributed by atoms with Gasteiger partial charge in [0.25, 0.3) is 11.7 Å². The highest BCUT2D eigenvalue weighted by Crippen LogP contribution is 2.38. The molecule has 0 aliphatic carbocycles. The summed E-state index contributed by atoms with van der Waals surface area (Å²) in [7, 11) is 7.62. The van der Waals surface area contributed by atoms with Gasteiger partial charge in [0, 0.05) is 56.9 Å². The van der Waals surface area contributed by atoms with Crippen molar-refractivity contribution in [1.29, 1.82) is 0 Å². The fourth-order valence-corrected chi connectivity index (χ4v) is 6.12. The van der Waals surface area contributed by atoms with Crippen molar-refractivity contribution in [1.82, 2.24) is 19.8 Å². The van der Waals surface area contributed by atoms with Crippen molar-refractivity contribution in [3.05, 3.63) is 114 Å². The smallest absolute Gasteiger partial charge is 0.295 e. The van der Waals surface area contributed by atoms with Gasteiger partial charge in [-0.3, -0.25) is 24.4 Å². The van der Waals surface area contributed by atoms with E-state index in [1.165, 1.54) is 45.4 Å². The molecule has 3 unspecified atom stereocenters. The largest absolute Gasteiger partial charge is 0.493 e. The third kappa shape index (κ3) is 9.01. The molecule has 0 saturated heterocycles. The van der Waals surface area contributed by atoms with Gasteiger partial charge in [-0.05, 0) is 65.6 Å². The Hall–Kier alpha value is -5.25. The van der Waals surface area contributed by atoms with E-state index in [-0.39, 0.29) is 47.3 Å². The number of rotatable bonds is 16. The molecule has 0 fully saturated rings. The van der Waals surface area contributed by atoms with Crippen LogP contribution in [0.2, 0.25) is 0 Å². The molecule has 0 radical (unpaired) electrons. The second-order valence-electron chi connectivity index (χ2n) is 12.3. The first-order chi connectivity index (χ1) is 23.6. The van der Waals surface area contributed by atoms with E-state index in [1.807, 2.05) is 67.0 Å². The standard InChI is InChI=1S/C39H46N4O6/c1-26(29-15-11-17-40-24-29)19-32(20-27(2)30-16-12-18-41-25-30)42(3)38(45)33(21-28-13-9-8-10-14-28)43(4)39(46)36(44)31-22-34(47-5)37(49-7)35(23-31)48-6/h8-18,22-27,32-33H,19-21H2,1-7H3. The number of aromatic nitrogens is 2. The van der Waals surface area contributed by atoms with Crippen LogP contribution in [0, 0.1) is 0 Å². The Labute approximate surface area is 289 Å². The van der Waals surface area contributed by atoms with E-state index in [0.29, 0.717) is 18.6 Å². The van der Waals surface area contributed by atoms with E-state index in [2.05, 4.69) is 23.8 Å². The average Bonchev–Trinajstić information content (AvgIpc) is 3.15.